The number of likely N-dealkylation sites (tertiary alicyclic amines) is 2. The molecule has 0 radical (unpaired) electrons. The molecule has 2 aliphatic rings. The zero-order chi connectivity index (χ0) is 49.8. The van der Waals surface area contributed by atoms with E-state index in [4.69, 9.17) is 52.9 Å². The number of carbonyl (C=O) groups is 4. The first kappa shape index (κ1) is 56.5. The highest BCUT2D eigenvalue weighted by Gasteiger charge is 2.35. The summed E-state index contributed by atoms with van der Waals surface area (Å²) in [5.41, 5.74) is 14.4. The van der Waals surface area contributed by atoms with E-state index in [1.54, 1.807) is 32.6 Å². The van der Waals surface area contributed by atoms with E-state index in [2.05, 4.69) is 25.3 Å². The number of ketones is 2. The molecule has 4 aromatic rings. The quantitative estimate of drug-likeness (QED) is 0.0765. The van der Waals surface area contributed by atoms with Crippen LogP contribution in [-0.4, -0.2) is 129 Å². The smallest absolute Gasteiger partial charge is 0.410 e. The predicted octanol–water partition coefficient (Wildman–Crippen LogP) is 6.04. The summed E-state index contributed by atoms with van der Waals surface area (Å²) >= 11 is 5.51. The number of nitrogens with zero attached hydrogens (tertiary/aromatic N) is 6. The molecule has 0 spiro atoms. The van der Waals surface area contributed by atoms with Crippen LogP contribution in [0.1, 0.15) is 87.7 Å². The molecule has 2 aromatic carbocycles. The van der Waals surface area contributed by atoms with Crippen LogP contribution in [-0.2, 0) is 9.47 Å². The Morgan fingerprint density at radius 1 is 0.746 bits per heavy atom. The SMILES string of the molecule is C.CC(C)(C)OC(=O)N1CC(N)C1.CCO.COc1ccc(F)c(F)c1C(=O)c1cnc(Cl)nc1N.COc1ccc(F)c(F)c1C(=O)c1cnc(NC2CN(C(=O)OC(C)(C)C)C2)nc1N. The summed E-state index contributed by atoms with van der Waals surface area (Å²) in [6.07, 6.45) is 1.49. The Morgan fingerprint density at radius 2 is 1.13 bits per heavy atom. The molecule has 24 heteroatoms. The standard InChI is InChI=1S/C20H23F2N5O4.C12H8ClF2N3O2.C8H16N2O2.C2H6O.CH4/c1-20(2,3)31-19(29)27-8-10(9-27)25-18-24-7-11(17(23)26-18)16(28)14-13(30-4)6-5-12(21)15(14)22;1-20-7-3-2-6(14)9(15)8(7)10(19)5-4-17-12(13)18-11(5)16;1-8(2,3)12-7(11)10-4-6(9)5-10;1-2-3;/h5-7,10H,8-9H2,1-4H3,(H3,23,24,25,26);2-4H,1H3,(H2,16,17,18);6H,4-5,9H2,1-3H3;3H,2H2,1H3;1H4. The van der Waals surface area contributed by atoms with Gasteiger partial charge in [0.15, 0.2) is 23.3 Å². The average molecular weight is 969 g/mol. The Hall–Kier alpha value is -6.59. The number of aliphatic hydroxyl groups is 1. The van der Waals surface area contributed by atoms with Crippen molar-refractivity contribution in [3.05, 3.63) is 87.5 Å². The highest BCUT2D eigenvalue weighted by Crippen LogP contribution is 2.30. The van der Waals surface area contributed by atoms with Gasteiger partial charge in [-0.15, -0.1) is 0 Å². The Morgan fingerprint density at radius 3 is 1.49 bits per heavy atom. The molecule has 0 atom stereocenters. The number of benzene rings is 2. The summed E-state index contributed by atoms with van der Waals surface area (Å²) in [7, 11) is 2.46. The second kappa shape index (κ2) is 24.3. The van der Waals surface area contributed by atoms with Crippen molar-refractivity contribution in [1.29, 1.82) is 0 Å². The number of amides is 2. The van der Waals surface area contributed by atoms with Crippen molar-refractivity contribution in [2.45, 2.75) is 79.2 Å². The Kier molecular flexibility index (Phi) is 20.5. The fourth-order valence-electron chi connectivity index (χ4n) is 5.50. The van der Waals surface area contributed by atoms with Crippen molar-refractivity contribution in [3.8, 4) is 11.5 Å². The van der Waals surface area contributed by atoms with Gasteiger partial charge < -0.3 is 56.4 Å². The lowest BCUT2D eigenvalue weighted by atomic mass is 10.0. The summed E-state index contributed by atoms with van der Waals surface area (Å²) in [6.45, 7) is 14.8. The van der Waals surface area contributed by atoms with Crippen LogP contribution in [0.2, 0.25) is 5.28 Å². The van der Waals surface area contributed by atoms with Crippen LogP contribution >= 0.6 is 11.6 Å². The second-order valence-electron chi connectivity index (χ2n) is 16.2. The molecule has 0 aliphatic carbocycles. The molecule has 4 heterocycles. The normalized spacial score (nSPS) is 13.3. The lowest BCUT2D eigenvalue weighted by Crippen LogP contribution is -2.58. The van der Waals surface area contributed by atoms with E-state index in [0.717, 1.165) is 36.7 Å². The molecule has 2 aliphatic heterocycles. The van der Waals surface area contributed by atoms with Gasteiger partial charge >= 0.3 is 12.2 Å². The Bertz CT molecular complexity index is 2380. The van der Waals surface area contributed by atoms with E-state index < -0.39 is 63.3 Å². The van der Waals surface area contributed by atoms with E-state index in [1.807, 2.05) is 20.8 Å². The van der Waals surface area contributed by atoms with Crippen LogP contribution in [0, 0.1) is 23.3 Å². The summed E-state index contributed by atoms with van der Waals surface area (Å²) in [5, 5.41) is 10.4. The van der Waals surface area contributed by atoms with Gasteiger partial charge in [0.05, 0.1) is 31.4 Å². The number of methoxy groups -OCH3 is 2. The van der Waals surface area contributed by atoms with Crippen molar-refractivity contribution < 1.29 is 60.8 Å². The maximum absolute atomic E-state index is 14.2. The third-order valence-electron chi connectivity index (χ3n) is 8.53. The van der Waals surface area contributed by atoms with Gasteiger partial charge in [-0.25, -0.2) is 42.1 Å². The average Bonchev–Trinajstić information content (AvgIpc) is 3.18. The van der Waals surface area contributed by atoms with Gasteiger partial charge in [-0.1, -0.05) is 7.43 Å². The largest absolute Gasteiger partial charge is 0.496 e. The first-order chi connectivity index (χ1) is 30.7. The van der Waals surface area contributed by atoms with Crippen LogP contribution in [0.4, 0.5) is 44.7 Å². The molecular weight excluding hydrogens is 912 g/mol. The van der Waals surface area contributed by atoms with Gasteiger partial charge in [0, 0.05) is 51.2 Å². The number of rotatable bonds is 8. The molecule has 2 aromatic heterocycles. The zero-order valence-corrected chi connectivity index (χ0v) is 38.4. The fraction of sp³-hybridized carbons (Fsp3) is 0.442. The number of carbonyl (C=O) groups excluding carboxylic acids is 4. The van der Waals surface area contributed by atoms with E-state index in [-0.39, 0.29) is 77.7 Å². The Labute approximate surface area is 390 Å². The summed E-state index contributed by atoms with van der Waals surface area (Å²) in [5.74, 6) is -7.42. The number of nitrogens with two attached hydrogens (primary N) is 3. The predicted molar refractivity (Wildman–Crippen MR) is 241 cm³/mol. The second-order valence-corrected chi connectivity index (χ2v) is 16.5. The van der Waals surface area contributed by atoms with E-state index in [0.29, 0.717) is 26.2 Å². The number of hydrogen-bond acceptors (Lipinski definition) is 17. The first-order valence-electron chi connectivity index (χ1n) is 19.9. The number of hydrogen-bond donors (Lipinski definition) is 5. The minimum atomic E-state index is -1.34. The van der Waals surface area contributed by atoms with E-state index in [9.17, 15) is 36.7 Å². The molecule has 368 valence electrons. The minimum Gasteiger partial charge on any atom is -0.496 e. The molecule has 0 saturated carbocycles. The summed E-state index contributed by atoms with van der Waals surface area (Å²) < 4.78 is 75.1. The number of aliphatic hydroxyl groups excluding tert-OH is 1. The Balaban J connectivity index is 0.000000366. The van der Waals surface area contributed by atoms with Gasteiger partial charge in [-0.05, 0) is 84.3 Å². The monoisotopic (exact) mass is 968 g/mol. The van der Waals surface area contributed by atoms with Crippen molar-refractivity contribution in [2.24, 2.45) is 5.73 Å². The number of nitrogen functional groups attached to an aromatic ring is 2. The van der Waals surface area contributed by atoms with Crippen molar-refractivity contribution in [2.75, 3.05) is 63.8 Å². The topological polar surface area (TPSA) is 274 Å². The van der Waals surface area contributed by atoms with Crippen LogP contribution < -0.4 is 32.0 Å². The van der Waals surface area contributed by atoms with Crippen molar-refractivity contribution in [3.63, 3.8) is 0 Å². The molecule has 8 N–H and O–H groups in total. The summed E-state index contributed by atoms with van der Waals surface area (Å²) in [6, 6.07) is 4.00. The van der Waals surface area contributed by atoms with Crippen molar-refractivity contribution >= 4 is 52.9 Å². The van der Waals surface area contributed by atoms with Gasteiger partial charge in [0.2, 0.25) is 22.8 Å². The molecule has 2 fully saturated rings. The van der Waals surface area contributed by atoms with Gasteiger partial charge in [0.25, 0.3) is 0 Å². The molecule has 2 amide bonds. The maximum atomic E-state index is 14.2. The number of nitrogens with one attached hydrogen (secondary N) is 1. The van der Waals surface area contributed by atoms with Gasteiger partial charge in [-0.3, -0.25) is 9.59 Å². The minimum absolute atomic E-state index is 0. The number of anilines is 3. The molecule has 67 heavy (non-hydrogen) atoms. The molecule has 6 rings (SSSR count). The molecule has 0 bridgehead atoms. The highest BCUT2D eigenvalue weighted by molar-refractivity contribution is 6.28. The van der Waals surface area contributed by atoms with Crippen LogP contribution in [0.5, 0.6) is 11.5 Å². The van der Waals surface area contributed by atoms with Crippen LogP contribution in [0.15, 0.2) is 36.7 Å². The molecular formula is C43H57ClF4N10O9. The molecule has 0 unspecified atom stereocenters. The number of ether oxygens (including phenoxy) is 4. The maximum Gasteiger partial charge on any atom is 0.410 e. The number of aromatic nitrogens is 4. The van der Waals surface area contributed by atoms with Gasteiger partial charge in [0.1, 0.15) is 45.5 Å². The first-order valence-corrected chi connectivity index (χ1v) is 20.3. The van der Waals surface area contributed by atoms with Gasteiger partial charge in [-0.2, -0.15) is 4.98 Å². The third kappa shape index (κ3) is 15.8. The third-order valence-corrected chi connectivity index (χ3v) is 8.71. The molecule has 19 nitrogen and oxygen atoms in total. The van der Waals surface area contributed by atoms with Crippen LogP contribution in [0.25, 0.3) is 0 Å². The van der Waals surface area contributed by atoms with Crippen molar-refractivity contribution in [1.82, 2.24) is 29.7 Å². The zero-order valence-electron chi connectivity index (χ0n) is 37.7. The van der Waals surface area contributed by atoms with E-state index in [1.165, 1.54) is 19.1 Å². The summed E-state index contributed by atoms with van der Waals surface area (Å²) in [4.78, 5) is 66.5. The lowest BCUT2D eigenvalue weighted by molar-refractivity contribution is 0.00844. The van der Waals surface area contributed by atoms with E-state index >= 15 is 0 Å². The highest BCUT2D eigenvalue weighted by atomic mass is 35.5. The lowest BCUT2D eigenvalue weighted by Gasteiger charge is -2.39. The fourth-order valence-corrected chi connectivity index (χ4v) is 5.64. The molecule has 2 saturated heterocycles. The number of halogens is 5. The van der Waals surface area contributed by atoms with Crippen LogP contribution in [0.3, 0.4) is 0 Å².